The second kappa shape index (κ2) is 12.9. The van der Waals surface area contributed by atoms with Gasteiger partial charge in [0, 0.05) is 59.7 Å². The van der Waals surface area contributed by atoms with Gasteiger partial charge in [0.2, 0.25) is 0 Å². The molecule has 0 aromatic carbocycles. The van der Waals surface area contributed by atoms with Gasteiger partial charge in [-0.25, -0.2) is 4.98 Å². The van der Waals surface area contributed by atoms with Crippen LogP contribution in [0.3, 0.4) is 0 Å². The van der Waals surface area contributed by atoms with E-state index in [0.717, 1.165) is 48.3 Å². The molecule has 10 heteroatoms. The summed E-state index contributed by atoms with van der Waals surface area (Å²) < 4.78 is 2.18. The van der Waals surface area contributed by atoms with Crippen molar-refractivity contribution in [3.05, 3.63) is 42.5 Å². The minimum Gasteiger partial charge on any atom is -0.393 e. The lowest BCUT2D eigenvalue weighted by atomic mass is 9.44. The lowest BCUT2D eigenvalue weighted by Crippen LogP contribution is -2.65. The summed E-state index contributed by atoms with van der Waals surface area (Å²) in [5.41, 5.74) is -0.617. The molecule has 1 aliphatic heterocycles. The Kier molecular flexibility index (Phi) is 9.78. The van der Waals surface area contributed by atoms with Crippen LogP contribution < -0.4 is 5.32 Å². The first-order valence-corrected chi connectivity index (χ1v) is 20.2. The maximum Gasteiger partial charge on any atom is 0.159 e. The van der Waals surface area contributed by atoms with E-state index in [1.807, 2.05) is 47.4 Å². The summed E-state index contributed by atoms with van der Waals surface area (Å²) in [5.74, 6) is 0.593. The predicted octanol–water partition coefficient (Wildman–Crippen LogP) is 5.06. The first-order valence-electron chi connectivity index (χ1n) is 17.7. The predicted molar refractivity (Wildman–Crippen MR) is 190 cm³/mol. The highest BCUT2D eigenvalue weighted by atomic mass is 33.1. The van der Waals surface area contributed by atoms with Crippen LogP contribution in [0, 0.1) is 51.8 Å². The smallest absolute Gasteiger partial charge is 0.159 e. The van der Waals surface area contributed by atoms with Crippen LogP contribution in [0.5, 0.6) is 0 Å². The lowest BCUT2D eigenvalue weighted by molar-refractivity contribution is -0.172. The largest absolute Gasteiger partial charge is 0.393 e. The second-order valence-electron chi connectivity index (χ2n) is 16.8. The number of rotatable bonds is 3. The molecule has 5 aliphatic rings. The molecule has 8 nitrogen and oxygen atoms in total. The number of imidazole rings is 1. The van der Waals surface area contributed by atoms with Crippen molar-refractivity contribution in [2.75, 3.05) is 25.1 Å². The highest BCUT2D eigenvalue weighted by Gasteiger charge is 2.71. The third-order valence-corrected chi connectivity index (χ3v) is 16.5. The summed E-state index contributed by atoms with van der Waals surface area (Å²) in [6, 6.07) is 0.206. The van der Waals surface area contributed by atoms with Crippen LogP contribution in [0.15, 0.2) is 42.5 Å². The van der Waals surface area contributed by atoms with Gasteiger partial charge in [-0.1, -0.05) is 68.4 Å². The van der Waals surface area contributed by atoms with Crippen molar-refractivity contribution < 1.29 is 25.2 Å². The molecule has 1 aromatic rings. The topological polar surface area (TPSA) is 128 Å². The Morgan fingerprint density at radius 3 is 2.51 bits per heavy atom. The third-order valence-electron chi connectivity index (χ3n) is 14.0. The van der Waals surface area contributed by atoms with Gasteiger partial charge in [0.05, 0.1) is 30.2 Å². The Bertz CT molecular complexity index is 1370. The SMILES string of the molecule is C=C1C[C@@H](O)[C@@H](C)[C@H]2C[C@H](CSSC[C@@H](n3ccnc3)CC1(C)C)[C@@]1(O)C3=CC(=O)[C@@H]4[C@@H](CNC)[C@@H](O)[C@@H](O)C[C@]4(C)[C@H]3CC[C@]21C. The standard InChI is InChI=1S/C37H57N3O5S2/c1-21-12-29(41)22(2)27-13-23(18-46-47-19-24(15-34(21,3)4)40-11-10-39-20-40)37(45)28-14-30(42)32-25(17-38-7)33(44)31(43)16-35(32,5)26(28)8-9-36(27,37)6/h10-11,14,20,22-27,29,31-33,38,41,43-45H,1,8-9,12-13,15-19H2,2-7H3/t22-,23+,24-,25+,26-,27+,29+,31-,32-,33+,35+,36+,37+/m0/s1. The Balaban J connectivity index is 1.39. The number of aromatic nitrogens is 2. The molecule has 262 valence electrons. The van der Waals surface area contributed by atoms with Crippen LogP contribution in [0.4, 0.5) is 0 Å². The number of aliphatic hydroxyl groups is 4. The molecule has 0 radical (unpaired) electrons. The van der Waals surface area contributed by atoms with Gasteiger partial charge in [0.1, 0.15) is 0 Å². The van der Waals surface area contributed by atoms with Crippen LogP contribution in [0.25, 0.3) is 0 Å². The maximum atomic E-state index is 14.3. The van der Waals surface area contributed by atoms with Gasteiger partial charge in [-0.15, -0.1) is 0 Å². The zero-order valence-electron chi connectivity index (χ0n) is 29.1. The summed E-state index contributed by atoms with van der Waals surface area (Å²) in [6.45, 7) is 15.9. The zero-order valence-corrected chi connectivity index (χ0v) is 30.7. The molecule has 13 atom stereocenters. The van der Waals surface area contributed by atoms with Crippen molar-refractivity contribution in [2.24, 2.45) is 51.8 Å². The minimum atomic E-state index is -1.22. The molecule has 1 saturated heterocycles. The number of ketones is 1. The Morgan fingerprint density at radius 2 is 1.83 bits per heavy atom. The molecule has 47 heavy (non-hydrogen) atoms. The van der Waals surface area contributed by atoms with E-state index < -0.39 is 46.6 Å². The molecule has 0 unspecified atom stereocenters. The number of hydrogen-bond donors (Lipinski definition) is 5. The van der Waals surface area contributed by atoms with Gasteiger partial charge in [0.15, 0.2) is 5.78 Å². The average Bonchev–Trinajstić information content (AvgIpc) is 3.62. The van der Waals surface area contributed by atoms with Gasteiger partial charge < -0.3 is 30.3 Å². The number of allylic oxidation sites excluding steroid dienone is 1. The zero-order chi connectivity index (χ0) is 34.1. The highest BCUT2D eigenvalue weighted by molar-refractivity contribution is 8.76. The van der Waals surface area contributed by atoms with Crippen LogP contribution in [-0.2, 0) is 4.79 Å². The molecule has 2 heterocycles. The minimum absolute atomic E-state index is 0.0347. The number of nitrogens with one attached hydrogen (secondary N) is 1. The summed E-state index contributed by atoms with van der Waals surface area (Å²) in [4.78, 5) is 18.6. The molecule has 0 amide bonds. The van der Waals surface area contributed by atoms with E-state index >= 15 is 0 Å². The molecule has 2 bridgehead atoms. The number of carbonyl (C=O) groups excluding carboxylic acids is 1. The first-order chi connectivity index (χ1) is 22.1. The van der Waals surface area contributed by atoms with Gasteiger partial charge in [-0.3, -0.25) is 4.79 Å². The Morgan fingerprint density at radius 1 is 1.11 bits per heavy atom. The third kappa shape index (κ3) is 5.64. The summed E-state index contributed by atoms with van der Waals surface area (Å²) in [7, 11) is 5.47. The number of hydrogen-bond acceptors (Lipinski definition) is 9. The Hall–Kier alpha value is -1.14. The van der Waals surface area contributed by atoms with Crippen molar-refractivity contribution >= 4 is 27.4 Å². The molecule has 6 rings (SSSR count). The average molecular weight is 688 g/mol. The van der Waals surface area contributed by atoms with Crippen LogP contribution in [0.2, 0.25) is 0 Å². The van der Waals surface area contributed by atoms with Gasteiger partial charge in [-0.05, 0) is 85.8 Å². The molecule has 5 N–H and O–H groups in total. The van der Waals surface area contributed by atoms with E-state index in [1.165, 1.54) is 0 Å². The molecule has 1 aromatic heterocycles. The fraction of sp³-hybridized carbons (Fsp3) is 0.784. The van der Waals surface area contributed by atoms with Crippen molar-refractivity contribution in [1.82, 2.24) is 14.9 Å². The van der Waals surface area contributed by atoms with Gasteiger partial charge in [-0.2, -0.15) is 0 Å². The van der Waals surface area contributed by atoms with Crippen molar-refractivity contribution in [1.29, 1.82) is 0 Å². The van der Waals surface area contributed by atoms with E-state index in [9.17, 15) is 25.2 Å². The van der Waals surface area contributed by atoms with Crippen molar-refractivity contribution in [2.45, 2.75) is 103 Å². The number of aliphatic hydroxyl groups excluding tert-OH is 3. The quantitative estimate of drug-likeness (QED) is 0.219. The van der Waals surface area contributed by atoms with E-state index in [2.05, 4.69) is 56.1 Å². The van der Waals surface area contributed by atoms with Crippen molar-refractivity contribution in [3.8, 4) is 0 Å². The van der Waals surface area contributed by atoms with Crippen LogP contribution in [0.1, 0.15) is 79.2 Å². The number of nitrogens with zero attached hydrogens (tertiary/aromatic N) is 2. The Labute approximate surface area is 289 Å². The molecule has 3 saturated carbocycles. The lowest BCUT2D eigenvalue weighted by Gasteiger charge is -2.62. The first kappa shape index (κ1) is 35.7. The van der Waals surface area contributed by atoms with E-state index in [0.29, 0.717) is 19.4 Å². The second-order valence-corrected chi connectivity index (χ2v) is 19.4. The summed E-state index contributed by atoms with van der Waals surface area (Å²) in [5, 5.41) is 50.6. The maximum absolute atomic E-state index is 14.3. The van der Waals surface area contributed by atoms with E-state index in [4.69, 9.17) is 0 Å². The molecule has 4 fully saturated rings. The van der Waals surface area contributed by atoms with Crippen LogP contribution in [-0.4, -0.2) is 84.8 Å². The molecular weight excluding hydrogens is 631 g/mol. The van der Waals surface area contributed by atoms with E-state index in [1.54, 1.807) is 6.08 Å². The fourth-order valence-corrected chi connectivity index (χ4v) is 13.9. The fourth-order valence-electron chi connectivity index (χ4n) is 11.2. The monoisotopic (exact) mass is 687 g/mol. The van der Waals surface area contributed by atoms with Gasteiger partial charge >= 0.3 is 0 Å². The summed E-state index contributed by atoms with van der Waals surface area (Å²) in [6.07, 6.45) is 9.11. The molecule has 4 aliphatic carbocycles. The van der Waals surface area contributed by atoms with Crippen molar-refractivity contribution in [3.63, 3.8) is 0 Å². The van der Waals surface area contributed by atoms with E-state index in [-0.39, 0.29) is 40.9 Å². The van der Waals surface area contributed by atoms with Crippen LogP contribution >= 0.6 is 21.6 Å². The normalized spacial score (nSPS) is 47.3. The number of fused-ring (bicyclic) bond motifs is 9. The highest BCUT2D eigenvalue weighted by Crippen LogP contribution is 2.70. The summed E-state index contributed by atoms with van der Waals surface area (Å²) >= 11 is 0. The number of carbonyl (C=O) groups is 1. The molecule has 0 spiro atoms. The van der Waals surface area contributed by atoms with Gasteiger partial charge in [0.25, 0.3) is 0 Å². The molecular formula is C37H57N3O5S2.